The first kappa shape index (κ1) is 22.8. The SMILES string of the molecule is CCNC(=NCCc1ccc(OC)cc1O)N1CCC(COCC)C1.I. The lowest BCUT2D eigenvalue weighted by Crippen LogP contribution is -2.40. The van der Waals surface area contributed by atoms with E-state index in [4.69, 9.17) is 14.5 Å². The summed E-state index contributed by atoms with van der Waals surface area (Å²) in [5.74, 6) is 2.46. The zero-order chi connectivity index (χ0) is 18.1. The Hall–Kier alpha value is -1.22. The fourth-order valence-corrected chi connectivity index (χ4v) is 3.04. The molecule has 1 aliphatic heterocycles. The second-order valence-corrected chi connectivity index (χ2v) is 6.24. The van der Waals surface area contributed by atoms with Crippen LogP contribution in [0.1, 0.15) is 25.8 Å². The number of ether oxygens (including phenoxy) is 2. The topological polar surface area (TPSA) is 66.3 Å². The Balaban J connectivity index is 0.00000338. The average Bonchev–Trinajstić information content (AvgIpc) is 3.09. The van der Waals surface area contributed by atoms with Gasteiger partial charge in [0.05, 0.1) is 13.7 Å². The molecule has 148 valence electrons. The van der Waals surface area contributed by atoms with Gasteiger partial charge >= 0.3 is 0 Å². The Labute approximate surface area is 174 Å². The Kier molecular flexibility index (Phi) is 10.7. The van der Waals surface area contributed by atoms with Gasteiger partial charge in [0, 0.05) is 44.8 Å². The molecule has 26 heavy (non-hydrogen) atoms. The van der Waals surface area contributed by atoms with Crippen LogP contribution in [0.4, 0.5) is 0 Å². The van der Waals surface area contributed by atoms with E-state index in [1.54, 1.807) is 13.2 Å². The van der Waals surface area contributed by atoms with Gasteiger partial charge in [0.15, 0.2) is 5.96 Å². The van der Waals surface area contributed by atoms with Crippen LogP contribution in [0.25, 0.3) is 0 Å². The summed E-state index contributed by atoms with van der Waals surface area (Å²) in [5.41, 5.74) is 0.885. The maximum absolute atomic E-state index is 10.1. The van der Waals surface area contributed by atoms with Crippen LogP contribution in [-0.4, -0.2) is 62.5 Å². The summed E-state index contributed by atoms with van der Waals surface area (Å²) in [6.45, 7) is 9.19. The van der Waals surface area contributed by atoms with Crippen molar-refractivity contribution in [2.24, 2.45) is 10.9 Å². The van der Waals surface area contributed by atoms with Crippen molar-refractivity contribution < 1.29 is 14.6 Å². The average molecular weight is 477 g/mol. The third kappa shape index (κ3) is 6.83. The highest BCUT2D eigenvalue weighted by Crippen LogP contribution is 2.23. The monoisotopic (exact) mass is 477 g/mol. The molecule has 0 aliphatic carbocycles. The highest BCUT2D eigenvalue weighted by atomic mass is 127. The molecule has 7 heteroatoms. The molecule has 2 rings (SSSR count). The van der Waals surface area contributed by atoms with E-state index in [0.717, 1.165) is 50.8 Å². The van der Waals surface area contributed by atoms with Gasteiger partial charge in [0.2, 0.25) is 0 Å². The maximum atomic E-state index is 10.1. The van der Waals surface area contributed by atoms with Gasteiger partial charge < -0.3 is 24.8 Å². The summed E-state index contributed by atoms with van der Waals surface area (Å²) in [6, 6.07) is 5.40. The molecule has 1 aromatic rings. The highest BCUT2D eigenvalue weighted by molar-refractivity contribution is 14.0. The number of nitrogens with one attached hydrogen (secondary N) is 1. The van der Waals surface area contributed by atoms with Crippen LogP contribution >= 0.6 is 24.0 Å². The fraction of sp³-hybridized carbons (Fsp3) is 0.632. The minimum Gasteiger partial charge on any atom is -0.508 e. The summed E-state index contributed by atoms with van der Waals surface area (Å²) < 4.78 is 10.7. The van der Waals surface area contributed by atoms with E-state index in [-0.39, 0.29) is 29.7 Å². The summed E-state index contributed by atoms with van der Waals surface area (Å²) in [7, 11) is 1.59. The summed E-state index contributed by atoms with van der Waals surface area (Å²) in [6.07, 6.45) is 1.84. The second kappa shape index (κ2) is 12.2. The number of hydrogen-bond donors (Lipinski definition) is 2. The van der Waals surface area contributed by atoms with Crippen molar-refractivity contribution in [2.45, 2.75) is 26.7 Å². The molecule has 1 aromatic carbocycles. The number of aromatic hydroxyl groups is 1. The molecule has 2 N–H and O–H groups in total. The first-order valence-corrected chi connectivity index (χ1v) is 9.14. The lowest BCUT2D eigenvalue weighted by molar-refractivity contribution is 0.114. The Bertz CT molecular complexity index is 569. The van der Waals surface area contributed by atoms with Crippen LogP contribution in [0.5, 0.6) is 11.5 Å². The number of guanidine groups is 1. The molecule has 0 spiro atoms. The Morgan fingerprint density at radius 2 is 2.19 bits per heavy atom. The number of rotatable bonds is 8. The minimum absolute atomic E-state index is 0. The maximum Gasteiger partial charge on any atom is 0.193 e. The van der Waals surface area contributed by atoms with Crippen molar-refractivity contribution in [2.75, 3.05) is 46.5 Å². The molecule has 0 saturated carbocycles. The van der Waals surface area contributed by atoms with Crippen molar-refractivity contribution in [1.82, 2.24) is 10.2 Å². The number of phenols is 1. The van der Waals surface area contributed by atoms with E-state index in [2.05, 4.69) is 17.1 Å². The zero-order valence-electron chi connectivity index (χ0n) is 16.0. The Morgan fingerprint density at radius 1 is 1.38 bits per heavy atom. The van der Waals surface area contributed by atoms with Gasteiger partial charge in [-0.1, -0.05) is 6.07 Å². The molecule has 6 nitrogen and oxygen atoms in total. The third-order valence-corrected chi connectivity index (χ3v) is 4.41. The van der Waals surface area contributed by atoms with Gasteiger partial charge in [0.25, 0.3) is 0 Å². The van der Waals surface area contributed by atoms with Crippen molar-refractivity contribution >= 4 is 29.9 Å². The number of halogens is 1. The first-order valence-electron chi connectivity index (χ1n) is 9.14. The van der Waals surface area contributed by atoms with Crippen LogP contribution in [0.3, 0.4) is 0 Å². The van der Waals surface area contributed by atoms with Gasteiger partial charge in [-0.05, 0) is 38.3 Å². The summed E-state index contributed by atoms with van der Waals surface area (Å²) in [5, 5.41) is 13.4. The zero-order valence-corrected chi connectivity index (χ0v) is 18.4. The van der Waals surface area contributed by atoms with E-state index in [0.29, 0.717) is 24.6 Å². The molecular formula is C19H32IN3O3. The van der Waals surface area contributed by atoms with Crippen LogP contribution in [0, 0.1) is 5.92 Å². The molecule has 0 amide bonds. The summed E-state index contributed by atoms with van der Waals surface area (Å²) >= 11 is 0. The second-order valence-electron chi connectivity index (χ2n) is 6.24. The van der Waals surface area contributed by atoms with E-state index in [9.17, 15) is 5.11 Å². The van der Waals surface area contributed by atoms with E-state index < -0.39 is 0 Å². The van der Waals surface area contributed by atoms with Crippen LogP contribution in [0.15, 0.2) is 23.2 Å². The fourth-order valence-electron chi connectivity index (χ4n) is 3.04. The molecule has 1 aliphatic rings. The van der Waals surface area contributed by atoms with Gasteiger partial charge in [0.1, 0.15) is 11.5 Å². The number of hydrogen-bond acceptors (Lipinski definition) is 4. The number of likely N-dealkylation sites (tertiary alicyclic amines) is 1. The number of nitrogens with zero attached hydrogens (tertiary/aromatic N) is 2. The molecular weight excluding hydrogens is 445 g/mol. The number of phenolic OH excluding ortho intramolecular Hbond substituents is 1. The smallest absolute Gasteiger partial charge is 0.193 e. The standard InChI is InChI=1S/C19H31N3O3.HI/c1-4-20-19(22-11-9-15(13-22)14-25-5-2)21-10-8-16-6-7-17(24-3)12-18(16)23;/h6-7,12,15,23H,4-5,8-11,13-14H2,1-3H3,(H,20,21);1H. The van der Waals surface area contributed by atoms with Crippen molar-refractivity contribution in [3.63, 3.8) is 0 Å². The van der Waals surface area contributed by atoms with E-state index in [1.807, 2.05) is 19.1 Å². The van der Waals surface area contributed by atoms with E-state index in [1.165, 1.54) is 0 Å². The molecule has 1 heterocycles. The molecule has 1 fully saturated rings. The predicted molar refractivity (Wildman–Crippen MR) is 116 cm³/mol. The number of methoxy groups -OCH3 is 1. The quantitative estimate of drug-likeness (QED) is 0.343. The van der Waals surface area contributed by atoms with Crippen LogP contribution < -0.4 is 10.1 Å². The number of benzene rings is 1. The predicted octanol–water partition coefficient (Wildman–Crippen LogP) is 2.89. The molecule has 1 saturated heterocycles. The van der Waals surface area contributed by atoms with Crippen LogP contribution in [0.2, 0.25) is 0 Å². The molecule has 1 unspecified atom stereocenters. The van der Waals surface area contributed by atoms with Gasteiger partial charge in [-0.25, -0.2) is 0 Å². The van der Waals surface area contributed by atoms with Gasteiger partial charge in [-0.2, -0.15) is 0 Å². The normalized spacial score (nSPS) is 17.1. The summed E-state index contributed by atoms with van der Waals surface area (Å²) in [4.78, 5) is 7.04. The van der Waals surface area contributed by atoms with Crippen molar-refractivity contribution in [3.05, 3.63) is 23.8 Å². The highest BCUT2D eigenvalue weighted by Gasteiger charge is 2.24. The van der Waals surface area contributed by atoms with Crippen LogP contribution in [-0.2, 0) is 11.2 Å². The van der Waals surface area contributed by atoms with Gasteiger partial charge in [-0.15, -0.1) is 24.0 Å². The largest absolute Gasteiger partial charge is 0.508 e. The molecule has 1 atom stereocenters. The molecule has 0 aromatic heterocycles. The third-order valence-electron chi connectivity index (χ3n) is 4.41. The first-order chi connectivity index (χ1) is 12.2. The Morgan fingerprint density at radius 3 is 2.85 bits per heavy atom. The lowest BCUT2D eigenvalue weighted by atomic mass is 10.1. The number of aliphatic imine (C=N–C) groups is 1. The van der Waals surface area contributed by atoms with Crippen molar-refractivity contribution in [1.29, 1.82) is 0 Å². The van der Waals surface area contributed by atoms with Gasteiger partial charge in [-0.3, -0.25) is 4.99 Å². The lowest BCUT2D eigenvalue weighted by Gasteiger charge is -2.21. The minimum atomic E-state index is 0. The molecule has 0 radical (unpaired) electrons. The van der Waals surface area contributed by atoms with E-state index >= 15 is 0 Å². The molecule has 0 bridgehead atoms. The van der Waals surface area contributed by atoms with Crippen molar-refractivity contribution in [3.8, 4) is 11.5 Å².